The van der Waals surface area contributed by atoms with Crippen molar-refractivity contribution >= 4 is 24.3 Å². The molecule has 6 heteroatoms. The molecule has 1 rings (SSSR count). The van der Waals surface area contributed by atoms with E-state index in [1.807, 2.05) is 0 Å². The molecule has 1 aliphatic carbocycles. The molecule has 2 unspecified atom stereocenters. The first kappa shape index (κ1) is 17.2. The summed E-state index contributed by atoms with van der Waals surface area (Å²) in [6.07, 6.45) is 6.25. The molecule has 2 atom stereocenters. The lowest BCUT2D eigenvalue weighted by Gasteiger charge is -2.25. The van der Waals surface area contributed by atoms with Crippen molar-refractivity contribution < 1.29 is 19.8 Å². The van der Waals surface area contributed by atoms with Gasteiger partial charge in [-0.05, 0) is 18.8 Å². The summed E-state index contributed by atoms with van der Waals surface area (Å²) in [6.45, 7) is 0. The van der Waals surface area contributed by atoms with Crippen LogP contribution in [0.25, 0.3) is 0 Å². The summed E-state index contributed by atoms with van der Waals surface area (Å²) in [6, 6.07) is -1.07. The smallest absolute Gasteiger partial charge is 0.320 e. The Hall–Kier alpha value is -0.810. The molecule has 0 spiro atoms. The van der Waals surface area contributed by atoms with Gasteiger partial charge in [-0.1, -0.05) is 32.1 Å². The predicted molar refractivity (Wildman–Crippen MR) is 69.8 cm³/mol. The Kier molecular flexibility index (Phi) is 7.95. The summed E-state index contributed by atoms with van der Waals surface area (Å²) < 4.78 is 0. The van der Waals surface area contributed by atoms with Crippen LogP contribution in [-0.4, -0.2) is 28.2 Å². The summed E-state index contributed by atoms with van der Waals surface area (Å²) in [5, 5.41) is 17.8. The van der Waals surface area contributed by atoms with Crippen molar-refractivity contribution in [3.63, 3.8) is 0 Å². The van der Waals surface area contributed by atoms with Crippen LogP contribution in [0.4, 0.5) is 0 Å². The molecule has 1 saturated carbocycles. The lowest BCUT2D eigenvalue weighted by atomic mass is 9.81. The molecule has 106 valence electrons. The van der Waals surface area contributed by atoms with E-state index in [2.05, 4.69) is 0 Å². The van der Waals surface area contributed by atoms with Crippen molar-refractivity contribution in [1.29, 1.82) is 0 Å². The molecular weight excluding hydrogens is 258 g/mol. The second kappa shape index (κ2) is 8.32. The maximum absolute atomic E-state index is 11.1. The monoisotopic (exact) mass is 279 g/mol. The van der Waals surface area contributed by atoms with Crippen LogP contribution in [-0.2, 0) is 9.59 Å². The van der Waals surface area contributed by atoms with Crippen LogP contribution in [0.5, 0.6) is 0 Å². The number of hydrogen-bond donors (Lipinski definition) is 3. The zero-order valence-electron chi connectivity index (χ0n) is 10.4. The Morgan fingerprint density at radius 1 is 1.11 bits per heavy atom. The van der Waals surface area contributed by atoms with Crippen molar-refractivity contribution in [3.05, 3.63) is 0 Å². The Bertz CT molecular complexity index is 279. The third kappa shape index (κ3) is 5.69. The van der Waals surface area contributed by atoms with Gasteiger partial charge in [-0.25, -0.2) is 0 Å². The van der Waals surface area contributed by atoms with Gasteiger partial charge in [0.05, 0.1) is 5.92 Å². The Morgan fingerprint density at radius 3 is 2.11 bits per heavy atom. The SMILES string of the molecule is Cl.NC(CC(CC1CCCCC1)C(=O)O)C(=O)O. The van der Waals surface area contributed by atoms with Crippen LogP contribution in [0.15, 0.2) is 0 Å². The molecule has 0 bridgehead atoms. The second-order valence-electron chi connectivity index (χ2n) is 4.96. The first-order chi connectivity index (χ1) is 8.00. The quantitative estimate of drug-likeness (QED) is 0.689. The standard InChI is InChI=1S/C12H21NO4.ClH/c13-10(12(16)17)7-9(11(14)15)6-8-4-2-1-3-5-8;/h8-10H,1-7,13H2,(H,14,15)(H,16,17);1H. The molecule has 0 aromatic heterocycles. The van der Waals surface area contributed by atoms with E-state index in [0.29, 0.717) is 12.3 Å². The number of carboxylic acid groups (broad SMARTS) is 2. The molecule has 18 heavy (non-hydrogen) atoms. The number of halogens is 1. The third-order valence-corrected chi connectivity index (χ3v) is 3.55. The second-order valence-corrected chi connectivity index (χ2v) is 4.96. The van der Waals surface area contributed by atoms with Gasteiger partial charge in [0.15, 0.2) is 0 Å². The van der Waals surface area contributed by atoms with E-state index in [0.717, 1.165) is 25.7 Å². The summed E-state index contributed by atoms with van der Waals surface area (Å²) in [5.41, 5.74) is 5.40. The molecule has 0 amide bonds. The van der Waals surface area contributed by atoms with Crippen LogP contribution in [0, 0.1) is 11.8 Å². The number of aliphatic carboxylic acids is 2. The van der Waals surface area contributed by atoms with Gasteiger partial charge in [0.1, 0.15) is 6.04 Å². The largest absolute Gasteiger partial charge is 0.481 e. The van der Waals surface area contributed by atoms with Gasteiger partial charge in [0.25, 0.3) is 0 Å². The molecule has 0 saturated heterocycles. The minimum atomic E-state index is -1.13. The Morgan fingerprint density at radius 2 is 1.67 bits per heavy atom. The normalized spacial score (nSPS) is 19.6. The molecular formula is C12H22ClNO4. The number of nitrogens with two attached hydrogens (primary N) is 1. The molecule has 0 aromatic rings. The number of carboxylic acids is 2. The van der Waals surface area contributed by atoms with Gasteiger partial charge in [-0.15, -0.1) is 12.4 Å². The van der Waals surface area contributed by atoms with Crippen molar-refractivity contribution in [2.45, 2.75) is 51.0 Å². The minimum absolute atomic E-state index is 0. The van der Waals surface area contributed by atoms with Crippen LogP contribution in [0.3, 0.4) is 0 Å². The zero-order chi connectivity index (χ0) is 12.8. The van der Waals surface area contributed by atoms with E-state index >= 15 is 0 Å². The van der Waals surface area contributed by atoms with Gasteiger partial charge < -0.3 is 15.9 Å². The minimum Gasteiger partial charge on any atom is -0.481 e. The van der Waals surface area contributed by atoms with Crippen LogP contribution < -0.4 is 5.73 Å². The first-order valence-electron chi connectivity index (χ1n) is 6.22. The molecule has 1 aliphatic rings. The molecule has 0 heterocycles. The highest BCUT2D eigenvalue weighted by Crippen LogP contribution is 2.30. The lowest BCUT2D eigenvalue weighted by molar-refractivity contribution is -0.144. The van der Waals surface area contributed by atoms with Crippen molar-refractivity contribution in [2.75, 3.05) is 0 Å². The maximum Gasteiger partial charge on any atom is 0.320 e. The van der Waals surface area contributed by atoms with Gasteiger partial charge in [0, 0.05) is 0 Å². The number of rotatable bonds is 6. The zero-order valence-corrected chi connectivity index (χ0v) is 11.2. The van der Waals surface area contributed by atoms with Crippen LogP contribution in [0.1, 0.15) is 44.9 Å². The molecule has 4 N–H and O–H groups in total. The fourth-order valence-electron chi connectivity index (χ4n) is 2.53. The van der Waals surface area contributed by atoms with Crippen LogP contribution in [0.2, 0.25) is 0 Å². The Labute approximate surface area is 113 Å². The van der Waals surface area contributed by atoms with E-state index in [-0.39, 0.29) is 18.8 Å². The average molecular weight is 280 g/mol. The first-order valence-corrected chi connectivity index (χ1v) is 6.22. The molecule has 0 aliphatic heterocycles. The van der Waals surface area contributed by atoms with Gasteiger partial charge in [0.2, 0.25) is 0 Å². The highest BCUT2D eigenvalue weighted by molar-refractivity contribution is 5.85. The molecule has 0 aromatic carbocycles. The van der Waals surface area contributed by atoms with Crippen molar-refractivity contribution in [2.24, 2.45) is 17.6 Å². The summed E-state index contributed by atoms with van der Waals surface area (Å²) >= 11 is 0. The summed E-state index contributed by atoms with van der Waals surface area (Å²) in [7, 11) is 0. The highest BCUT2D eigenvalue weighted by atomic mass is 35.5. The Balaban J connectivity index is 0.00000289. The maximum atomic E-state index is 11.1. The lowest BCUT2D eigenvalue weighted by Crippen LogP contribution is -2.35. The van der Waals surface area contributed by atoms with Gasteiger partial charge in [-0.2, -0.15) is 0 Å². The average Bonchev–Trinajstić information content (AvgIpc) is 2.29. The van der Waals surface area contributed by atoms with Crippen molar-refractivity contribution in [1.82, 2.24) is 0 Å². The fraction of sp³-hybridized carbons (Fsp3) is 0.833. The number of carbonyl (C=O) groups is 2. The third-order valence-electron chi connectivity index (χ3n) is 3.55. The van der Waals surface area contributed by atoms with E-state index in [4.69, 9.17) is 15.9 Å². The topological polar surface area (TPSA) is 101 Å². The van der Waals surface area contributed by atoms with Gasteiger partial charge >= 0.3 is 11.9 Å². The van der Waals surface area contributed by atoms with E-state index in [1.165, 1.54) is 6.42 Å². The summed E-state index contributed by atoms with van der Waals surface area (Å²) in [5.74, 6) is -2.25. The molecule has 0 radical (unpaired) electrons. The molecule has 5 nitrogen and oxygen atoms in total. The van der Waals surface area contributed by atoms with Crippen LogP contribution >= 0.6 is 12.4 Å². The van der Waals surface area contributed by atoms with E-state index in [1.54, 1.807) is 0 Å². The fourth-order valence-corrected chi connectivity index (χ4v) is 2.53. The van der Waals surface area contributed by atoms with E-state index < -0.39 is 23.9 Å². The number of hydrogen-bond acceptors (Lipinski definition) is 3. The molecule has 1 fully saturated rings. The summed E-state index contributed by atoms with van der Waals surface area (Å²) in [4.78, 5) is 21.7. The highest BCUT2D eigenvalue weighted by Gasteiger charge is 2.27. The predicted octanol–water partition coefficient (Wildman–Crippen LogP) is 1.88. The van der Waals surface area contributed by atoms with E-state index in [9.17, 15) is 9.59 Å². The van der Waals surface area contributed by atoms with Gasteiger partial charge in [-0.3, -0.25) is 9.59 Å². The van der Waals surface area contributed by atoms with Crippen molar-refractivity contribution in [3.8, 4) is 0 Å².